The Morgan fingerprint density at radius 1 is 1.36 bits per heavy atom. The summed E-state index contributed by atoms with van der Waals surface area (Å²) in [6.07, 6.45) is 5.88. The summed E-state index contributed by atoms with van der Waals surface area (Å²) in [6, 6.07) is 0. The van der Waals surface area contributed by atoms with Gasteiger partial charge in [0, 0.05) is 17.4 Å². The van der Waals surface area contributed by atoms with E-state index in [2.05, 4.69) is 27.7 Å². The van der Waals surface area contributed by atoms with Crippen LogP contribution in [-0.4, -0.2) is 11.7 Å². The lowest BCUT2D eigenvalue weighted by Gasteiger charge is -2.19. The molecule has 1 aliphatic rings. The van der Waals surface area contributed by atoms with Crippen molar-refractivity contribution in [3.63, 3.8) is 0 Å². The SMILES string of the molecule is C=NN1C=C(Br)C=CC1=C(C)C.CC. The Morgan fingerprint density at radius 3 is 2.36 bits per heavy atom. The maximum Gasteiger partial charge on any atom is 0.0632 e. The highest BCUT2D eigenvalue weighted by molar-refractivity contribution is 9.11. The second-order valence-electron chi connectivity index (χ2n) is 2.72. The molecule has 0 saturated heterocycles. The van der Waals surface area contributed by atoms with Crippen molar-refractivity contribution in [1.82, 2.24) is 5.01 Å². The zero-order valence-electron chi connectivity index (χ0n) is 9.21. The van der Waals surface area contributed by atoms with Gasteiger partial charge in [0.1, 0.15) is 0 Å². The van der Waals surface area contributed by atoms with Gasteiger partial charge in [-0.1, -0.05) is 19.4 Å². The molecule has 14 heavy (non-hydrogen) atoms. The molecule has 1 aliphatic heterocycles. The summed E-state index contributed by atoms with van der Waals surface area (Å²) >= 11 is 3.37. The summed E-state index contributed by atoms with van der Waals surface area (Å²) in [4.78, 5) is 0. The normalized spacial score (nSPS) is 14.2. The van der Waals surface area contributed by atoms with Gasteiger partial charge < -0.3 is 0 Å². The molecule has 0 N–H and O–H groups in total. The summed E-state index contributed by atoms with van der Waals surface area (Å²) in [7, 11) is 0. The van der Waals surface area contributed by atoms with Gasteiger partial charge in [-0.3, -0.25) is 0 Å². The van der Waals surface area contributed by atoms with Gasteiger partial charge >= 0.3 is 0 Å². The third-order valence-electron chi connectivity index (χ3n) is 1.56. The van der Waals surface area contributed by atoms with Crippen LogP contribution in [0, 0.1) is 0 Å². The molecule has 78 valence electrons. The van der Waals surface area contributed by atoms with Crippen molar-refractivity contribution in [2.45, 2.75) is 27.7 Å². The Morgan fingerprint density at radius 2 is 1.93 bits per heavy atom. The van der Waals surface area contributed by atoms with Crippen LogP contribution < -0.4 is 0 Å². The van der Waals surface area contributed by atoms with Gasteiger partial charge in [0.15, 0.2) is 0 Å². The molecular formula is C11H17BrN2. The average Bonchev–Trinajstić information content (AvgIpc) is 2.20. The fourth-order valence-corrected chi connectivity index (χ4v) is 1.30. The smallest absolute Gasteiger partial charge is 0.0632 e. The highest BCUT2D eigenvalue weighted by Gasteiger charge is 2.08. The molecule has 0 radical (unpaired) electrons. The molecule has 0 aromatic heterocycles. The first kappa shape index (κ1) is 13.2. The topological polar surface area (TPSA) is 15.6 Å². The van der Waals surface area contributed by atoms with E-state index in [4.69, 9.17) is 0 Å². The molecule has 3 heteroatoms. The van der Waals surface area contributed by atoms with Crippen molar-refractivity contribution in [3.05, 3.63) is 34.1 Å². The maximum atomic E-state index is 3.87. The van der Waals surface area contributed by atoms with E-state index >= 15 is 0 Å². The van der Waals surface area contributed by atoms with Crippen molar-refractivity contribution in [3.8, 4) is 0 Å². The van der Waals surface area contributed by atoms with E-state index in [-0.39, 0.29) is 0 Å². The molecule has 0 aliphatic carbocycles. The number of halogens is 1. The maximum absolute atomic E-state index is 3.87. The van der Waals surface area contributed by atoms with Gasteiger partial charge in [-0.25, -0.2) is 5.01 Å². The minimum Gasteiger partial charge on any atom is -0.241 e. The van der Waals surface area contributed by atoms with E-state index in [1.54, 1.807) is 5.01 Å². The number of hydrogen-bond acceptors (Lipinski definition) is 2. The molecule has 0 unspecified atom stereocenters. The predicted molar refractivity (Wildman–Crippen MR) is 67.3 cm³/mol. The largest absolute Gasteiger partial charge is 0.241 e. The van der Waals surface area contributed by atoms with E-state index in [0.29, 0.717) is 0 Å². The van der Waals surface area contributed by atoms with E-state index in [1.165, 1.54) is 5.57 Å². The van der Waals surface area contributed by atoms with Crippen molar-refractivity contribution in [1.29, 1.82) is 0 Å². The lowest BCUT2D eigenvalue weighted by Crippen LogP contribution is -2.11. The predicted octanol–water partition coefficient (Wildman–Crippen LogP) is 4.03. The lowest BCUT2D eigenvalue weighted by molar-refractivity contribution is 0.508. The third kappa shape index (κ3) is 3.50. The van der Waals surface area contributed by atoms with Crippen LogP contribution in [0.2, 0.25) is 0 Å². The third-order valence-corrected chi connectivity index (χ3v) is 2.03. The highest BCUT2D eigenvalue weighted by Crippen LogP contribution is 2.22. The Balaban J connectivity index is 0.000000791. The van der Waals surface area contributed by atoms with E-state index < -0.39 is 0 Å². The molecule has 2 nitrogen and oxygen atoms in total. The van der Waals surface area contributed by atoms with Crippen LogP contribution in [0.25, 0.3) is 0 Å². The Bertz CT molecular complexity index is 284. The van der Waals surface area contributed by atoms with Crippen molar-refractivity contribution in [2.75, 3.05) is 0 Å². The standard InChI is InChI=1S/C9H11BrN2.C2H6/c1-7(2)9-5-4-8(10)6-12(9)11-3;1-2/h4-6H,3H2,1-2H3;1-2H3. The quantitative estimate of drug-likeness (QED) is 0.647. The van der Waals surface area contributed by atoms with Crippen LogP contribution in [0.3, 0.4) is 0 Å². The first-order chi connectivity index (χ1) is 6.65. The van der Waals surface area contributed by atoms with Crippen molar-refractivity contribution < 1.29 is 0 Å². The molecule has 1 heterocycles. The summed E-state index contributed by atoms with van der Waals surface area (Å²) in [6.45, 7) is 11.6. The number of rotatable bonds is 1. The fourth-order valence-electron chi connectivity index (χ4n) is 0.977. The van der Waals surface area contributed by atoms with Gasteiger partial charge in [0.05, 0.1) is 5.70 Å². The van der Waals surface area contributed by atoms with Gasteiger partial charge in [-0.05, 0) is 41.9 Å². The summed E-state index contributed by atoms with van der Waals surface area (Å²) in [5.74, 6) is 0. The molecule has 0 spiro atoms. The van der Waals surface area contributed by atoms with Crippen LogP contribution in [0.5, 0.6) is 0 Å². The Kier molecular flexibility index (Phi) is 6.21. The van der Waals surface area contributed by atoms with E-state index in [1.807, 2.05) is 46.0 Å². The molecule has 1 rings (SSSR count). The van der Waals surface area contributed by atoms with Crippen LogP contribution in [0.4, 0.5) is 0 Å². The van der Waals surface area contributed by atoms with E-state index in [0.717, 1.165) is 10.2 Å². The number of hydrazone groups is 1. The molecule has 0 atom stereocenters. The number of hydrogen-bond donors (Lipinski definition) is 0. The first-order valence-corrected chi connectivity index (χ1v) is 5.43. The van der Waals surface area contributed by atoms with Crippen LogP contribution in [0.1, 0.15) is 27.7 Å². The van der Waals surface area contributed by atoms with Gasteiger partial charge in [0.2, 0.25) is 0 Å². The summed E-state index contributed by atoms with van der Waals surface area (Å²) < 4.78 is 1.000. The molecule has 0 saturated carbocycles. The fraction of sp³-hybridized carbons (Fsp3) is 0.364. The van der Waals surface area contributed by atoms with Crippen LogP contribution >= 0.6 is 15.9 Å². The van der Waals surface area contributed by atoms with Crippen molar-refractivity contribution in [2.24, 2.45) is 5.10 Å². The summed E-state index contributed by atoms with van der Waals surface area (Å²) in [5, 5.41) is 5.62. The van der Waals surface area contributed by atoms with Gasteiger partial charge in [-0.15, -0.1) is 0 Å². The van der Waals surface area contributed by atoms with Crippen LogP contribution in [0.15, 0.2) is 39.2 Å². The molecule has 0 amide bonds. The highest BCUT2D eigenvalue weighted by atomic mass is 79.9. The lowest BCUT2D eigenvalue weighted by atomic mass is 10.2. The monoisotopic (exact) mass is 256 g/mol. The minimum atomic E-state index is 1.000. The van der Waals surface area contributed by atoms with Crippen molar-refractivity contribution >= 4 is 22.6 Å². The zero-order valence-corrected chi connectivity index (χ0v) is 10.8. The second kappa shape index (κ2) is 6.60. The Labute approximate surface area is 94.8 Å². The molecule has 0 aromatic rings. The van der Waals surface area contributed by atoms with Gasteiger partial charge in [0.25, 0.3) is 0 Å². The average molecular weight is 257 g/mol. The Hall–Kier alpha value is -0.830. The molecule has 0 aromatic carbocycles. The number of allylic oxidation sites excluding steroid dienone is 4. The van der Waals surface area contributed by atoms with Gasteiger partial charge in [-0.2, -0.15) is 5.10 Å². The van der Waals surface area contributed by atoms with E-state index in [9.17, 15) is 0 Å². The molecule has 0 bridgehead atoms. The van der Waals surface area contributed by atoms with Crippen LogP contribution in [-0.2, 0) is 0 Å². The zero-order chi connectivity index (χ0) is 11.1. The minimum absolute atomic E-state index is 1.000. The molecular weight excluding hydrogens is 240 g/mol. The molecule has 0 fully saturated rings. The summed E-state index contributed by atoms with van der Waals surface area (Å²) in [5.41, 5.74) is 2.29. The first-order valence-electron chi connectivity index (χ1n) is 4.64. The second-order valence-corrected chi connectivity index (χ2v) is 3.63. The number of nitrogens with zero attached hydrogens (tertiary/aromatic N) is 2.